The average Bonchev–Trinajstić information content (AvgIpc) is 3.36. The summed E-state index contributed by atoms with van der Waals surface area (Å²) in [4.78, 5) is 14.4. The number of aromatic nitrogens is 4. The number of aliphatic hydroxyl groups excluding tert-OH is 2. The van der Waals surface area contributed by atoms with Crippen LogP contribution in [0.5, 0.6) is 0 Å². The van der Waals surface area contributed by atoms with Crippen LogP contribution in [0.3, 0.4) is 0 Å². The topological polar surface area (TPSA) is 169 Å². The lowest BCUT2D eigenvalue weighted by Gasteiger charge is -2.25. The third-order valence-corrected chi connectivity index (χ3v) is 7.13. The quantitative estimate of drug-likeness (QED) is 0.310. The molecule has 2 aromatic heterocycles. The van der Waals surface area contributed by atoms with E-state index in [0.29, 0.717) is 30.8 Å². The zero-order valence-electron chi connectivity index (χ0n) is 18.0. The molecular weight excluding hydrogens is 450 g/mol. The van der Waals surface area contributed by atoms with Gasteiger partial charge >= 0.3 is 0 Å². The number of rotatable bonds is 9. The number of ether oxygens (including phenoxy) is 1. The lowest BCUT2D eigenvalue weighted by molar-refractivity contribution is -0.0435. The molecule has 178 valence electrons. The van der Waals surface area contributed by atoms with Crippen molar-refractivity contribution in [3.63, 3.8) is 0 Å². The number of hydrogen-bond acceptors (Lipinski definition) is 10. The van der Waals surface area contributed by atoms with E-state index < -0.39 is 34.6 Å². The first-order valence-corrected chi connectivity index (χ1v) is 12.0. The smallest absolute Gasteiger partial charge is 0.240 e. The third-order valence-electron chi connectivity index (χ3n) is 5.66. The Morgan fingerprint density at radius 1 is 1.18 bits per heavy atom. The standard InChI is InChI=1S/C20H27N7O5S/c1-2-26(9-8-25-33(30,31)13-6-4-3-5-7-13)10-14-16(28)17(29)20(32-14)27-12-24-15-18(21)22-11-23-19(15)27/h3-7,11-12,14,16-17,20,25,28-29H,2,8-10H2,1H3,(H2,21,22,23)/t14-,16-,17-,20-/m1/s1. The number of hydrogen-bond donors (Lipinski definition) is 4. The fourth-order valence-corrected chi connectivity index (χ4v) is 4.86. The van der Waals surface area contributed by atoms with E-state index in [4.69, 9.17) is 10.5 Å². The van der Waals surface area contributed by atoms with Crippen molar-refractivity contribution in [3.05, 3.63) is 43.0 Å². The molecule has 0 saturated carbocycles. The second kappa shape index (κ2) is 9.67. The van der Waals surface area contributed by atoms with E-state index in [0.717, 1.165) is 0 Å². The Bertz CT molecular complexity index is 1190. The highest BCUT2D eigenvalue weighted by Crippen LogP contribution is 2.32. The Labute approximate surface area is 191 Å². The molecule has 1 saturated heterocycles. The van der Waals surface area contributed by atoms with Crippen LogP contribution in [0.25, 0.3) is 11.2 Å². The number of fused-ring (bicyclic) bond motifs is 1. The van der Waals surface area contributed by atoms with Crippen LogP contribution in [0.4, 0.5) is 5.82 Å². The van der Waals surface area contributed by atoms with Gasteiger partial charge in [-0.25, -0.2) is 28.1 Å². The first-order valence-electron chi connectivity index (χ1n) is 10.5. The van der Waals surface area contributed by atoms with Gasteiger partial charge in [-0.2, -0.15) is 0 Å². The van der Waals surface area contributed by atoms with Crippen LogP contribution in [0.15, 0.2) is 47.9 Å². The summed E-state index contributed by atoms with van der Waals surface area (Å²) in [6.45, 7) is 3.39. The minimum atomic E-state index is -3.60. The molecule has 33 heavy (non-hydrogen) atoms. The molecule has 0 spiro atoms. The second-order valence-corrected chi connectivity index (χ2v) is 9.50. The molecule has 1 aliphatic heterocycles. The van der Waals surface area contributed by atoms with Crippen molar-refractivity contribution in [2.24, 2.45) is 0 Å². The van der Waals surface area contributed by atoms with Crippen molar-refractivity contribution < 1.29 is 23.4 Å². The van der Waals surface area contributed by atoms with E-state index in [9.17, 15) is 18.6 Å². The molecular formula is C20H27N7O5S. The predicted molar refractivity (Wildman–Crippen MR) is 119 cm³/mol. The molecule has 13 heteroatoms. The zero-order chi connectivity index (χ0) is 23.6. The number of nitrogens with one attached hydrogen (secondary N) is 1. The van der Waals surface area contributed by atoms with E-state index in [1.165, 1.54) is 29.4 Å². The van der Waals surface area contributed by atoms with Gasteiger partial charge in [-0.15, -0.1) is 0 Å². The van der Waals surface area contributed by atoms with Crippen molar-refractivity contribution in [1.29, 1.82) is 0 Å². The molecule has 12 nitrogen and oxygen atoms in total. The van der Waals surface area contributed by atoms with Gasteiger partial charge < -0.3 is 20.7 Å². The highest BCUT2D eigenvalue weighted by Gasteiger charge is 2.44. The molecule has 4 atom stereocenters. The van der Waals surface area contributed by atoms with Crippen LogP contribution in [0.2, 0.25) is 0 Å². The minimum Gasteiger partial charge on any atom is -0.387 e. The van der Waals surface area contributed by atoms with Gasteiger partial charge in [0.2, 0.25) is 10.0 Å². The fourth-order valence-electron chi connectivity index (χ4n) is 3.82. The molecule has 0 amide bonds. The molecule has 4 rings (SSSR count). The number of sulfonamides is 1. The number of anilines is 1. The Morgan fingerprint density at radius 2 is 1.94 bits per heavy atom. The Balaban J connectivity index is 1.39. The van der Waals surface area contributed by atoms with Crippen molar-refractivity contribution in [1.82, 2.24) is 29.1 Å². The number of aliphatic hydroxyl groups is 2. The zero-order valence-corrected chi connectivity index (χ0v) is 18.8. The largest absolute Gasteiger partial charge is 0.387 e. The lowest BCUT2D eigenvalue weighted by Crippen LogP contribution is -2.42. The molecule has 0 unspecified atom stereocenters. The van der Waals surface area contributed by atoms with E-state index in [1.54, 1.807) is 18.2 Å². The van der Waals surface area contributed by atoms with Gasteiger partial charge in [0.1, 0.15) is 30.2 Å². The highest BCUT2D eigenvalue weighted by molar-refractivity contribution is 7.89. The van der Waals surface area contributed by atoms with Crippen LogP contribution < -0.4 is 10.5 Å². The second-order valence-electron chi connectivity index (χ2n) is 7.73. The van der Waals surface area contributed by atoms with Crippen LogP contribution in [-0.2, 0) is 14.8 Å². The number of nitrogens with two attached hydrogens (primary N) is 1. The summed E-state index contributed by atoms with van der Waals surface area (Å²) in [5.74, 6) is 0.207. The maximum absolute atomic E-state index is 12.4. The van der Waals surface area contributed by atoms with Gasteiger partial charge in [-0.3, -0.25) is 9.47 Å². The van der Waals surface area contributed by atoms with E-state index in [1.807, 2.05) is 11.8 Å². The van der Waals surface area contributed by atoms with Gasteiger partial charge in [0, 0.05) is 19.6 Å². The van der Waals surface area contributed by atoms with Crippen molar-refractivity contribution in [2.75, 3.05) is 31.9 Å². The number of likely N-dealkylation sites (N-methyl/N-ethyl adjacent to an activating group) is 1. The first kappa shape index (κ1) is 23.5. The third kappa shape index (κ3) is 4.83. The van der Waals surface area contributed by atoms with Gasteiger partial charge in [0.05, 0.1) is 11.2 Å². The average molecular weight is 478 g/mol. The van der Waals surface area contributed by atoms with Crippen LogP contribution >= 0.6 is 0 Å². The normalized spacial score (nSPS) is 23.5. The molecule has 1 fully saturated rings. The fraction of sp³-hybridized carbons (Fsp3) is 0.450. The molecule has 3 heterocycles. The van der Waals surface area contributed by atoms with Gasteiger partial charge in [-0.1, -0.05) is 25.1 Å². The summed E-state index contributed by atoms with van der Waals surface area (Å²) >= 11 is 0. The monoisotopic (exact) mass is 477 g/mol. The summed E-state index contributed by atoms with van der Waals surface area (Å²) in [6.07, 6.45) is -1.23. The minimum absolute atomic E-state index is 0.183. The van der Waals surface area contributed by atoms with Crippen LogP contribution in [0, 0.1) is 0 Å². The summed E-state index contributed by atoms with van der Waals surface area (Å²) in [5, 5.41) is 21.2. The Kier molecular flexibility index (Phi) is 6.88. The number of benzene rings is 1. The lowest BCUT2D eigenvalue weighted by atomic mass is 10.1. The van der Waals surface area contributed by atoms with Gasteiger partial charge in [-0.05, 0) is 18.7 Å². The molecule has 5 N–H and O–H groups in total. The number of nitrogens with zero attached hydrogens (tertiary/aromatic N) is 5. The summed E-state index contributed by atoms with van der Waals surface area (Å²) in [6, 6.07) is 8.14. The van der Waals surface area contributed by atoms with Crippen molar-refractivity contribution in [2.45, 2.75) is 36.4 Å². The predicted octanol–water partition coefficient (Wildman–Crippen LogP) is -0.672. The van der Waals surface area contributed by atoms with Crippen LogP contribution in [-0.4, -0.2) is 87.5 Å². The Hall–Kier alpha value is -2.68. The van der Waals surface area contributed by atoms with E-state index in [-0.39, 0.29) is 17.3 Å². The molecule has 1 aromatic carbocycles. The van der Waals surface area contributed by atoms with E-state index >= 15 is 0 Å². The highest BCUT2D eigenvalue weighted by atomic mass is 32.2. The molecule has 0 radical (unpaired) electrons. The Morgan fingerprint density at radius 3 is 2.67 bits per heavy atom. The summed E-state index contributed by atoms with van der Waals surface area (Å²) in [5.41, 5.74) is 6.59. The summed E-state index contributed by atoms with van der Waals surface area (Å²) < 4.78 is 34.9. The summed E-state index contributed by atoms with van der Waals surface area (Å²) in [7, 11) is -3.60. The molecule has 0 bridgehead atoms. The van der Waals surface area contributed by atoms with Gasteiger partial charge in [0.25, 0.3) is 0 Å². The SMILES string of the molecule is CCN(CCNS(=O)(=O)c1ccccc1)C[C@H]1O[C@@H](n2cnc3c(N)ncnc32)[C@H](O)[C@@H]1O. The maximum Gasteiger partial charge on any atom is 0.240 e. The molecule has 3 aromatic rings. The maximum atomic E-state index is 12.4. The first-order chi connectivity index (χ1) is 15.8. The van der Waals surface area contributed by atoms with Crippen LogP contribution in [0.1, 0.15) is 13.2 Å². The van der Waals surface area contributed by atoms with E-state index in [2.05, 4.69) is 19.7 Å². The molecule has 1 aliphatic rings. The number of nitrogen functional groups attached to an aromatic ring is 1. The van der Waals surface area contributed by atoms with Crippen molar-refractivity contribution >= 4 is 27.0 Å². The molecule has 0 aliphatic carbocycles. The van der Waals surface area contributed by atoms with Crippen molar-refractivity contribution in [3.8, 4) is 0 Å². The van der Waals surface area contributed by atoms with Gasteiger partial charge in [0.15, 0.2) is 17.7 Å². The number of imidazole rings is 1.